The fourth-order valence-corrected chi connectivity index (χ4v) is 6.15. The molecule has 2 rings (SSSR count). The zero-order chi connectivity index (χ0) is 19.9. The van der Waals surface area contributed by atoms with Crippen LogP contribution in [0.1, 0.15) is 19.4 Å². The van der Waals surface area contributed by atoms with E-state index in [4.69, 9.17) is 0 Å². The maximum absolute atomic E-state index is 12.5. The Labute approximate surface area is 155 Å². The molecule has 0 aromatic heterocycles. The Balaban J connectivity index is 2.35. The third-order valence-corrected chi connectivity index (χ3v) is 7.76. The van der Waals surface area contributed by atoms with E-state index in [0.717, 1.165) is 4.31 Å². The summed E-state index contributed by atoms with van der Waals surface area (Å²) in [6.07, 6.45) is 0. The van der Waals surface area contributed by atoms with Crippen molar-refractivity contribution in [3.63, 3.8) is 0 Å². The van der Waals surface area contributed by atoms with Gasteiger partial charge in [0.1, 0.15) is 0 Å². The molecule has 8 nitrogen and oxygen atoms in total. The van der Waals surface area contributed by atoms with Crippen LogP contribution in [0.3, 0.4) is 0 Å². The zero-order valence-corrected chi connectivity index (χ0v) is 17.2. The normalized spacial score (nSPS) is 19.3. The van der Waals surface area contributed by atoms with E-state index >= 15 is 0 Å². The Morgan fingerprint density at radius 3 is 2.35 bits per heavy atom. The second-order valence-electron chi connectivity index (χ2n) is 7.36. The van der Waals surface area contributed by atoms with E-state index in [2.05, 4.69) is 4.72 Å². The molecule has 26 heavy (non-hydrogen) atoms. The minimum Gasteiger partial charge on any atom is -0.308 e. The number of aryl methyl sites for hydroxylation is 1. The molecule has 10 heteroatoms. The Bertz CT molecular complexity index is 921. The van der Waals surface area contributed by atoms with Gasteiger partial charge in [-0.3, -0.25) is 4.79 Å². The summed E-state index contributed by atoms with van der Waals surface area (Å²) < 4.78 is 52.9. The monoisotopic (exact) mass is 403 g/mol. The molecule has 0 unspecified atom stereocenters. The van der Waals surface area contributed by atoms with E-state index in [1.807, 2.05) is 19.0 Å². The van der Waals surface area contributed by atoms with E-state index < -0.39 is 31.4 Å². The summed E-state index contributed by atoms with van der Waals surface area (Å²) in [5.41, 5.74) is -0.483. The van der Waals surface area contributed by atoms with E-state index in [1.54, 1.807) is 20.8 Å². The Morgan fingerprint density at radius 1 is 1.27 bits per heavy atom. The number of amides is 1. The maximum atomic E-state index is 12.5. The van der Waals surface area contributed by atoms with Gasteiger partial charge in [0, 0.05) is 13.1 Å². The van der Waals surface area contributed by atoms with Crippen molar-refractivity contribution in [3.8, 4) is 0 Å². The molecule has 1 amide bonds. The summed E-state index contributed by atoms with van der Waals surface area (Å²) in [6.45, 7) is 5.53. The topological polar surface area (TPSA) is 104 Å². The van der Waals surface area contributed by atoms with Crippen LogP contribution in [-0.2, 0) is 24.8 Å². The third kappa shape index (κ3) is 4.08. The first kappa shape index (κ1) is 20.8. The number of rotatable bonds is 6. The molecule has 1 saturated heterocycles. The first-order valence-corrected chi connectivity index (χ1v) is 11.2. The van der Waals surface area contributed by atoms with Crippen molar-refractivity contribution >= 4 is 31.6 Å². The summed E-state index contributed by atoms with van der Waals surface area (Å²) in [5.74, 6) is -0.791. The van der Waals surface area contributed by atoms with Crippen LogP contribution in [-0.4, -0.2) is 60.6 Å². The first-order valence-electron chi connectivity index (χ1n) is 8.10. The second kappa shape index (κ2) is 6.91. The van der Waals surface area contributed by atoms with Crippen molar-refractivity contribution in [2.45, 2.75) is 25.7 Å². The smallest absolute Gasteiger partial charge is 0.247 e. The van der Waals surface area contributed by atoms with Gasteiger partial charge in [0.25, 0.3) is 0 Å². The largest absolute Gasteiger partial charge is 0.308 e. The van der Waals surface area contributed by atoms with Gasteiger partial charge in [-0.2, -0.15) is 0 Å². The molecular weight excluding hydrogens is 378 g/mol. The van der Waals surface area contributed by atoms with Gasteiger partial charge in [-0.1, -0.05) is 0 Å². The lowest BCUT2D eigenvalue weighted by molar-refractivity contribution is -0.123. The zero-order valence-electron chi connectivity index (χ0n) is 15.6. The molecule has 0 atom stereocenters. The third-order valence-electron chi connectivity index (χ3n) is 4.12. The lowest BCUT2D eigenvalue weighted by atomic mass is 9.95. The molecule has 1 aromatic carbocycles. The lowest BCUT2D eigenvalue weighted by Gasteiger charge is -2.19. The highest BCUT2D eigenvalue weighted by Crippen LogP contribution is 2.36. The number of sulfonamides is 2. The van der Waals surface area contributed by atoms with Gasteiger partial charge in [-0.15, -0.1) is 0 Å². The van der Waals surface area contributed by atoms with Crippen LogP contribution in [0, 0.1) is 12.3 Å². The number of hydrogen-bond acceptors (Lipinski definition) is 6. The quantitative estimate of drug-likeness (QED) is 0.743. The summed E-state index contributed by atoms with van der Waals surface area (Å²) in [4.78, 5) is 14.4. The molecule has 1 aliphatic heterocycles. The van der Waals surface area contributed by atoms with Crippen LogP contribution in [0.5, 0.6) is 0 Å². The number of anilines is 1. The number of likely N-dealkylation sites (N-methyl/N-ethyl adjacent to an activating group) is 1. The number of hydrogen-bond donors (Lipinski definition) is 1. The summed E-state index contributed by atoms with van der Waals surface area (Å²) >= 11 is 0. The molecule has 0 saturated carbocycles. The predicted octanol–water partition coefficient (Wildman–Crippen LogP) is 0.538. The van der Waals surface area contributed by atoms with Crippen molar-refractivity contribution < 1.29 is 21.6 Å². The Morgan fingerprint density at radius 2 is 1.88 bits per heavy atom. The molecule has 0 aliphatic carbocycles. The highest BCUT2D eigenvalue weighted by Gasteiger charge is 2.50. The molecule has 0 radical (unpaired) electrons. The van der Waals surface area contributed by atoms with Crippen LogP contribution in [0.2, 0.25) is 0 Å². The number of nitrogens with one attached hydrogen (secondary N) is 1. The van der Waals surface area contributed by atoms with Gasteiger partial charge in [0.2, 0.25) is 26.0 Å². The van der Waals surface area contributed by atoms with Gasteiger partial charge in [-0.05, 0) is 58.6 Å². The summed E-state index contributed by atoms with van der Waals surface area (Å²) in [6, 6.07) is 4.10. The van der Waals surface area contributed by atoms with Crippen molar-refractivity contribution in [1.82, 2.24) is 9.62 Å². The average molecular weight is 404 g/mol. The maximum Gasteiger partial charge on any atom is 0.247 e. The molecule has 0 spiro atoms. The van der Waals surface area contributed by atoms with E-state index in [9.17, 15) is 21.6 Å². The fraction of sp³-hybridized carbons (Fsp3) is 0.562. The minimum atomic E-state index is -3.77. The number of carbonyl (C=O) groups is 1. The average Bonchev–Trinajstić information content (AvgIpc) is 2.61. The first-order chi connectivity index (χ1) is 11.8. The molecule has 1 aliphatic rings. The van der Waals surface area contributed by atoms with Gasteiger partial charge in [0.05, 0.1) is 21.8 Å². The highest BCUT2D eigenvalue weighted by molar-refractivity contribution is 7.94. The Kier molecular flexibility index (Phi) is 5.54. The van der Waals surface area contributed by atoms with E-state index in [-0.39, 0.29) is 22.9 Å². The van der Waals surface area contributed by atoms with Gasteiger partial charge < -0.3 is 4.90 Å². The van der Waals surface area contributed by atoms with Crippen LogP contribution in [0.4, 0.5) is 5.69 Å². The SMILES string of the molecule is Cc1cc(N2C(=O)C(C)(C)CS2(=O)=O)ccc1S(=O)(=O)NCCN(C)C. The van der Waals surface area contributed by atoms with E-state index in [0.29, 0.717) is 12.1 Å². The lowest BCUT2D eigenvalue weighted by Crippen LogP contribution is -2.33. The molecule has 1 fully saturated rings. The van der Waals surface area contributed by atoms with Crippen LogP contribution in [0.15, 0.2) is 23.1 Å². The van der Waals surface area contributed by atoms with Gasteiger partial charge >= 0.3 is 0 Å². The molecule has 1 heterocycles. The second-order valence-corrected chi connectivity index (χ2v) is 10.9. The molecule has 1 N–H and O–H groups in total. The number of carbonyl (C=O) groups excluding carboxylic acids is 1. The van der Waals surface area contributed by atoms with Crippen molar-refractivity contribution in [3.05, 3.63) is 23.8 Å². The fourth-order valence-electron chi connectivity index (χ4n) is 2.80. The van der Waals surface area contributed by atoms with Crippen LogP contribution in [0.25, 0.3) is 0 Å². The van der Waals surface area contributed by atoms with Crippen LogP contribution >= 0.6 is 0 Å². The number of benzene rings is 1. The molecule has 0 bridgehead atoms. The number of nitrogens with zero attached hydrogens (tertiary/aromatic N) is 2. The Hall–Kier alpha value is -1.49. The van der Waals surface area contributed by atoms with Crippen molar-refractivity contribution in [1.29, 1.82) is 0 Å². The molecular formula is C16H25N3O5S2. The summed E-state index contributed by atoms with van der Waals surface area (Å²) in [7, 11) is -3.82. The summed E-state index contributed by atoms with van der Waals surface area (Å²) in [5, 5.41) is 0. The van der Waals surface area contributed by atoms with Crippen molar-refractivity contribution in [2.75, 3.05) is 37.2 Å². The predicted molar refractivity (Wildman–Crippen MR) is 100.0 cm³/mol. The standard InChI is InChI=1S/C16H25N3O5S2/c1-12-10-13(19-15(20)16(2,3)11-25(19,21)22)6-7-14(12)26(23,24)17-8-9-18(4)5/h6-7,10,17H,8-9,11H2,1-5H3. The molecule has 146 valence electrons. The highest BCUT2D eigenvalue weighted by atomic mass is 32.2. The van der Waals surface area contributed by atoms with Gasteiger partial charge in [0.15, 0.2) is 0 Å². The minimum absolute atomic E-state index is 0.0586. The van der Waals surface area contributed by atoms with Crippen molar-refractivity contribution in [2.24, 2.45) is 5.41 Å². The van der Waals surface area contributed by atoms with E-state index in [1.165, 1.54) is 18.2 Å². The van der Waals surface area contributed by atoms with Gasteiger partial charge in [-0.25, -0.2) is 25.9 Å². The van der Waals surface area contributed by atoms with Crippen LogP contribution < -0.4 is 9.03 Å². The molecule has 1 aromatic rings.